The molecule has 0 rings (SSSR count). The van der Waals surface area contributed by atoms with E-state index in [-0.39, 0.29) is 12.1 Å². The van der Waals surface area contributed by atoms with Gasteiger partial charge >= 0.3 is 5.97 Å². The number of aliphatic hydroxyl groups excluding tert-OH is 1. The Morgan fingerprint density at radius 2 is 1.71 bits per heavy atom. The van der Waals surface area contributed by atoms with Crippen molar-refractivity contribution in [3.63, 3.8) is 0 Å². The molecule has 0 aliphatic carbocycles. The van der Waals surface area contributed by atoms with E-state index < -0.39 is 0 Å². The summed E-state index contributed by atoms with van der Waals surface area (Å²) in [5, 5.41) is 9.07. The second-order valence-electron chi connectivity index (χ2n) is 4.68. The average Bonchev–Trinajstić information content (AvgIpc) is 2.25. The van der Waals surface area contributed by atoms with Crippen molar-refractivity contribution < 1.29 is 14.6 Å². The first-order valence-corrected chi connectivity index (χ1v) is 6.54. The molecular formula is C14H26O3. The summed E-state index contributed by atoms with van der Waals surface area (Å²) >= 11 is 0. The molecule has 0 saturated carbocycles. The Kier molecular flexibility index (Phi) is 9.83. The van der Waals surface area contributed by atoms with Crippen molar-refractivity contribution in [3.05, 3.63) is 12.2 Å². The molecule has 0 spiro atoms. The van der Waals surface area contributed by atoms with Gasteiger partial charge in [-0.05, 0) is 26.7 Å². The fourth-order valence-electron chi connectivity index (χ4n) is 1.54. The van der Waals surface area contributed by atoms with E-state index in [0.717, 1.165) is 25.7 Å². The highest BCUT2D eigenvalue weighted by Crippen LogP contribution is 2.08. The van der Waals surface area contributed by atoms with E-state index in [1.54, 1.807) is 6.92 Å². The lowest BCUT2D eigenvalue weighted by Crippen LogP contribution is -2.06. The zero-order valence-electron chi connectivity index (χ0n) is 11.2. The van der Waals surface area contributed by atoms with E-state index in [0.29, 0.717) is 12.2 Å². The first kappa shape index (κ1) is 16.2. The number of carbonyl (C=O) groups excluding carboxylic acids is 1. The summed E-state index contributed by atoms with van der Waals surface area (Å²) in [7, 11) is 0. The first-order valence-electron chi connectivity index (χ1n) is 6.54. The Morgan fingerprint density at radius 3 is 2.24 bits per heavy atom. The fourth-order valence-corrected chi connectivity index (χ4v) is 1.54. The lowest BCUT2D eigenvalue weighted by molar-refractivity contribution is -0.139. The van der Waals surface area contributed by atoms with E-state index >= 15 is 0 Å². The smallest absolute Gasteiger partial charge is 0.333 e. The molecular weight excluding hydrogens is 216 g/mol. The van der Waals surface area contributed by atoms with Crippen LogP contribution in [0, 0.1) is 0 Å². The number of ether oxygens (including phenoxy) is 1. The molecule has 0 aromatic rings. The molecule has 0 saturated heterocycles. The van der Waals surface area contributed by atoms with Crippen LogP contribution < -0.4 is 0 Å². The number of hydrogen-bond donors (Lipinski definition) is 1. The maximum atomic E-state index is 11.0. The van der Waals surface area contributed by atoms with Gasteiger partial charge in [0.25, 0.3) is 0 Å². The van der Waals surface area contributed by atoms with Crippen molar-refractivity contribution in [2.24, 2.45) is 0 Å². The van der Waals surface area contributed by atoms with Crippen LogP contribution in [-0.4, -0.2) is 23.8 Å². The Hall–Kier alpha value is -0.830. The molecule has 0 radical (unpaired) electrons. The third-order valence-electron chi connectivity index (χ3n) is 2.60. The minimum absolute atomic E-state index is 0.170. The van der Waals surface area contributed by atoms with Crippen LogP contribution in [-0.2, 0) is 9.53 Å². The molecule has 0 aromatic carbocycles. The van der Waals surface area contributed by atoms with Crippen LogP contribution in [0.3, 0.4) is 0 Å². The van der Waals surface area contributed by atoms with E-state index in [1.807, 2.05) is 6.92 Å². The van der Waals surface area contributed by atoms with E-state index in [9.17, 15) is 4.79 Å². The molecule has 1 unspecified atom stereocenters. The van der Waals surface area contributed by atoms with Crippen molar-refractivity contribution in [3.8, 4) is 0 Å². The van der Waals surface area contributed by atoms with Crippen molar-refractivity contribution in [1.29, 1.82) is 0 Å². The average molecular weight is 242 g/mol. The molecule has 0 fully saturated rings. The summed E-state index contributed by atoms with van der Waals surface area (Å²) < 4.78 is 4.99. The van der Waals surface area contributed by atoms with Gasteiger partial charge in [0, 0.05) is 5.57 Å². The summed E-state index contributed by atoms with van der Waals surface area (Å²) in [6, 6.07) is 0. The largest absolute Gasteiger partial charge is 0.462 e. The van der Waals surface area contributed by atoms with Crippen LogP contribution in [0.2, 0.25) is 0 Å². The molecule has 17 heavy (non-hydrogen) atoms. The van der Waals surface area contributed by atoms with Gasteiger partial charge in [-0.1, -0.05) is 38.7 Å². The topological polar surface area (TPSA) is 46.5 Å². The molecule has 0 aliphatic rings. The monoisotopic (exact) mass is 242 g/mol. The van der Waals surface area contributed by atoms with E-state index in [1.165, 1.54) is 19.3 Å². The predicted molar refractivity (Wildman–Crippen MR) is 69.8 cm³/mol. The molecule has 0 aliphatic heterocycles. The Morgan fingerprint density at radius 1 is 1.18 bits per heavy atom. The predicted octanol–water partition coefficient (Wildman–Crippen LogP) is 3.22. The second kappa shape index (κ2) is 10.3. The van der Waals surface area contributed by atoms with Crippen molar-refractivity contribution in [1.82, 2.24) is 0 Å². The maximum absolute atomic E-state index is 11.0. The third-order valence-corrected chi connectivity index (χ3v) is 2.60. The fraction of sp³-hybridized carbons (Fsp3) is 0.786. The van der Waals surface area contributed by atoms with Gasteiger partial charge < -0.3 is 9.84 Å². The van der Waals surface area contributed by atoms with Gasteiger partial charge in [-0.3, -0.25) is 0 Å². The zero-order valence-corrected chi connectivity index (χ0v) is 11.2. The van der Waals surface area contributed by atoms with Crippen LogP contribution in [0.4, 0.5) is 0 Å². The molecule has 1 N–H and O–H groups in total. The van der Waals surface area contributed by atoms with Gasteiger partial charge in [-0.15, -0.1) is 0 Å². The zero-order chi connectivity index (χ0) is 13.1. The summed E-state index contributed by atoms with van der Waals surface area (Å²) in [5.41, 5.74) is 0.461. The molecule has 3 nitrogen and oxygen atoms in total. The third kappa shape index (κ3) is 11.4. The van der Waals surface area contributed by atoms with Crippen molar-refractivity contribution >= 4 is 5.97 Å². The minimum atomic E-state index is -0.290. The number of rotatable bonds is 10. The van der Waals surface area contributed by atoms with E-state index in [4.69, 9.17) is 9.84 Å². The lowest BCUT2D eigenvalue weighted by Gasteiger charge is -2.05. The SMILES string of the molecule is C=C(C)C(=O)OCCCCCCCCC(C)O. The van der Waals surface area contributed by atoms with E-state index in [2.05, 4.69) is 6.58 Å². The summed E-state index contributed by atoms with van der Waals surface area (Å²) in [4.78, 5) is 11.0. The number of hydrogen-bond acceptors (Lipinski definition) is 3. The highest BCUT2D eigenvalue weighted by Gasteiger charge is 2.01. The Bertz CT molecular complexity index is 222. The van der Waals surface area contributed by atoms with Crippen LogP contribution in [0.5, 0.6) is 0 Å². The van der Waals surface area contributed by atoms with Gasteiger partial charge in [0.1, 0.15) is 0 Å². The lowest BCUT2D eigenvalue weighted by atomic mass is 10.1. The molecule has 0 bridgehead atoms. The molecule has 1 atom stereocenters. The summed E-state index contributed by atoms with van der Waals surface area (Å²) in [5.74, 6) is -0.290. The van der Waals surface area contributed by atoms with Gasteiger partial charge in [-0.2, -0.15) is 0 Å². The van der Waals surface area contributed by atoms with Gasteiger partial charge in [0.15, 0.2) is 0 Å². The van der Waals surface area contributed by atoms with Crippen molar-refractivity contribution in [2.45, 2.75) is 64.9 Å². The Balaban J connectivity index is 3.14. The molecule has 3 heteroatoms. The van der Waals surface area contributed by atoms with Crippen LogP contribution in [0.15, 0.2) is 12.2 Å². The highest BCUT2D eigenvalue weighted by molar-refractivity contribution is 5.86. The van der Waals surface area contributed by atoms with Crippen LogP contribution in [0.1, 0.15) is 58.8 Å². The quantitative estimate of drug-likeness (QED) is 0.363. The molecule has 100 valence electrons. The van der Waals surface area contributed by atoms with Gasteiger partial charge in [0.2, 0.25) is 0 Å². The van der Waals surface area contributed by atoms with Gasteiger partial charge in [0.05, 0.1) is 12.7 Å². The summed E-state index contributed by atoms with van der Waals surface area (Å²) in [6.45, 7) is 7.51. The first-order chi connectivity index (χ1) is 8.04. The standard InChI is InChI=1S/C14H26O3/c1-12(2)14(16)17-11-9-7-5-4-6-8-10-13(3)15/h13,15H,1,4-11H2,2-3H3. The molecule has 0 aromatic heterocycles. The molecule has 0 heterocycles. The normalized spacial score (nSPS) is 12.2. The van der Waals surface area contributed by atoms with Crippen LogP contribution in [0.25, 0.3) is 0 Å². The van der Waals surface area contributed by atoms with Crippen LogP contribution >= 0.6 is 0 Å². The number of unbranched alkanes of at least 4 members (excludes halogenated alkanes) is 5. The Labute approximate surface area is 105 Å². The number of aliphatic hydroxyl groups is 1. The minimum Gasteiger partial charge on any atom is -0.462 e. The summed E-state index contributed by atoms with van der Waals surface area (Å²) in [6.07, 6.45) is 7.39. The second-order valence-corrected chi connectivity index (χ2v) is 4.68. The maximum Gasteiger partial charge on any atom is 0.333 e. The van der Waals surface area contributed by atoms with Gasteiger partial charge in [-0.25, -0.2) is 4.79 Å². The highest BCUT2D eigenvalue weighted by atomic mass is 16.5. The number of esters is 1. The van der Waals surface area contributed by atoms with Crippen molar-refractivity contribution in [2.75, 3.05) is 6.61 Å². The molecule has 0 amide bonds. The number of carbonyl (C=O) groups is 1.